The van der Waals surface area contributed by atoms with E-state index in [1.807, 2.05) is 0 Å². The molecule has 0 bridgehead atoms. The molecule has 3 nitrogen and oxygen atoms in total. The second kappa shape index (κ2) is 5.61. The maximum atomic E-state index is 11.9. The van der Waals surface area contributed by atoms with Gasteiger partial charge in [0.05, 0.1) is 0 Å². The van der Waals surface area contributed by atoms with Gasteiger partial charge in [-0.15, -0.1) is 0 Å². The zero-order valence-electron chi connectivity index (χ0n) is 9.34. The van der Waals surface area contributed by atoms with Crippen LogP contribution in [0.25, 0.3) is 0 Å². The molecule has 2 unspecified atom stereocenters. The van der Waals surface area contributed by atoms with E-state index in [1.165, 1.54) is 19.3 Å². The predicted molar refractivity (Wildman–Crippen MR) is 58.9 cm³/mol. The van der Waals surface area contributed by atoms with Crippen molar-refractivity contribution in [1.29, 1.82) is 0 Å². The van der Waals surface area contributed by atoms with Gasteiger partial charge in [-0.3, -0.25) is 4.79 Å². The molecule has 1 N–H and O–H groups in total. The molecule has 0 aromatic carbocycles. The van der Waals surface area contributed by atoms with E-state index in [1.54, 1.807) is 0 Å². The third kappa shape index (κ3) is 3.28. The first-order valence-electron chi connectivity index (χ1n) is 6.24. The van der Waals surface area contributed by atoms with Gasteiger partial charge in [0.25, 0.3) is 0 Å². The lowest BCUT2D eigenvalue weighted by Gasteiger charge is -2.16. The van der Waals surface area contributed by atoms with Crippen molar-refractivity contribution in [2.75, 3.05) is 13.2 Å². The number of nitrogens with one attached hydrogen (secondary N) is 1. The van der Waals surface area contributed by atoms with Gasteiger partial charge in [-0.05, 0) is 32.2 Å². The summed E-state index contributed by atoms with van der Waals surface area (Å²) in [6.45, 7) is 1.85. The molecule has 2 heterocycles. The Morgan fingerprint density at radius 3 is 2.93 bits per heavy atom. The zero-order chi connectivity index (χ0) is 10.5. The minimum Gasteiger partial charge on any atom is -0.370 e. The first kappa shape index (κ1) is 11.1. The Bertz CT molecular complexity index is 204. The lowest BCUT2D eigenvalue weighted by molar-refractivity contribution is -0.128. The molecule has 0 saturated carbocycles. The largest absolute Gasteiger partial charge is 0.370 e. The smallest absolute Gasteiger partial charge is 0.163 e. The molecule has 0 aromatic rings. The van der Waals surface area contributed by atoms with E-state index in [9.17, 15) is 4.79 Å². The van der Waals surface area contributed by atoms with Gasteiger partial charge in [0.1, 0.15) is 6.10 Å². The fourth-order valence-corrected chi connectivity index (χ4v) is 2.48. The van der Waals surface area contributed by atoms with Crippen molar-refractivity contribution < 1.29 is 9.53 Å². The molecule has 0 aliphatic carbocycles. The van der Waals surface area contributed by atoms with Crippen molar-refractivity contribution in [2.45, 2.75) is 57.1 Å². The Balaban J connectivity index is 1.76. The lowest BCUT2D eigenvalue weighted by atomic mass is 10.0. The molecule has 2 saturated heterocycles. The Hall–Kier alpha value is -0.410. The fourth-order valence-electron chi connectivity index (χ4n) is 2.48. The van der Waals surface area contributed by atoms with E-state index in [0.29, 0.717) is 18.2 Å². The van der Waals surface area contributed by atoms with E-state index in [0.717, 1.165) is 32.4 Å². The van der Waals surface area contributed by atoms with Crippen LogP contribution in [-0.4, -0.2) is 31.1 Å². The molecule has 15 heavy (non-hydrogen) atoms. The third-order valence-corrected chi connectivity index (χ3v) is 3.40. The predicted octanol–water partition coefficient (Wildman–Crippen LogP) is 1.66. The highest BCUT2D eigenvalue weighted by atomic mass is 16.5. The van der Waals surface area contributed by atoms with Crippen molar-refractivity contribution in [3.63, 3.8) is 0 Å². The highest BCUT2D eigenvalue weighted by Crippen LogP contribution is 2.17. The Morgan fingerprint density at radius 1 is 1.20 bits per heavy atom. The van der Waals surface area contributed by atoms with Crippen LogP contribution in [0.3, 0.4) is 0 Å². The summed E-state index contributed by atoms with van der Waals surface area (Å²) in [6, 6.07) is 0.407. The zero-order valence-corrected chi connectivity index (χ0v) is 9.34. The molecule has 2 fully saturated rings. The minimum atomic E-state index is -0.0879. The number of Topliss-reactive ketones (excluding diaryl/α,β-unsaturated/α-hetero) is 1. The summed E-state index contributed by atoms with van der Waals surface area (Å²) in [5.41, 5.74) is 0. The van der Waals surface area contributed by atoms with Crippen molar-refractivity contribution in [1.82, 2.24) is 5.32 Å². The number of ketones is 1. The molecule has 0 spiro atoms. The molecule has 0 radical (unpaired) electrons. The standard InChI is InChI=1S/C12H21NO2/c14-11(12-6-4-8-15-12)9-10-5-2-1-3-7-13-10/h10,12-13H,1-9H2. The van der Waals surface area contributed by atoms with Crippen LogP contribution in [0.2, 0.25) is 0 Å². The average Bonchev–Trinajstić information content (AvgIpc) is 2.65. The first-order chi connectivity index (χ1) is 7.36. The molecule has 2 rings (SSSR count). The van der Waals surface area contributed by atoms with Crippen LogP contribution < -0.4 is 5.32 Å². The van der Waals surface area contributed by atoms with Gasteiger partial charge in [0.2, 0.25) is 0 Å². The topological polar surface area (TPSA) is 38.3 Å². The van der Waals surface area contributed by atoms with Crippen molar-refractivity contribution in [2.24, 2.45) is 0 Å². The lowest BCUT2D eigenvalue weighted by Crippen LogP contribution is -2.33. The Labute approximate surface area is 91.6 Å². The molecule has 2 aliphatic heterocycles. The molecule has 3 heteroatoms. The molecular formula is C12H21NO2. The molecule has 86 valence electrons. The summed E-state index contributed by atoms with van der Waals surface area (Å²) < 4.78 is 5.41. The van der Waals surface area contributed by atoms with Crippen LogP contribution in [0.1, 0.15) is 44.9 Å². The van der Waals surface area contributed by atoms with Gasteiger partial charge in [0.15, 0.2) is 5.78 Å². The highest BCUT2D eigenvalue weighted by Gasteiger charge is 2.25. The van der Waals surface area contributed by atoms with E-state index in [4.69, 9.17) is 4.74 Å². The summed E-state index contributed by atoms with van der Waals surface area (Å²) >= 11 is 0. The van der Waals surface area contributed by atoms with Gasteiger partial charge >= 0.3 is 0 Å². The third-order valence-electron chi connectivity index (χ3n) is 3.40. The molecule has 0 amide bonds. The van der Waals surface area contributed by atoms with Gasteiger partial charge in [-0.1, -0.05) is 12.8 Å². The van der Waals surface area contributed by atoms with Crippen LogP contribution >= 0.6 is 0 Å². The van der Waals surface area contributed by atoms with Crippen molar-refractivity contribution in [3.05, 3.63) is 0 Å². The Kier molecular flexibility index (Phi) is 4.15. The van der Waals surface area contributed by atoms with E-state index >= 15 is 0 Å². The summed E-state index contributed by atoms with van der Waals surface area (Å²) in [7, 11) is 0. The minimum absolute atomic E-state index is 0.0879. The van der Waals surface area contributed by atoms with Gasteiger partial charge < -0.3 is 10.1 Å². The number of rotatable bonds is 3. The molecule has 2 atom stereocenters. The van der Waals surface area contributed by atoms with Crippen molar-refractivity contribution in [3.8, 4) is 0 Å². The maximum Gasteiger partial charge on any atom is 0.163 e. The SMILES string of the molecule is O=C(CC1CCCCCN1)C1CCCO1. The fraction of sp³-hybridized carbons (Fsp3) is 0.917. The van der Waals surface area contributed by atoms with E-state index in [-0.39, 0.29) is 6.10 Å². The molecule has 0 aromatic heterocycles. The number of hydrogen-bond donors (Lipinski definition) is 1. The second-order valence-electron chi connectivity index (χ2n) is 4.67. The maximum absolute atomic E-state index is 11.9. The summed E-state index contributed by atoms with van der Waals surface area (Å²) in [4.78, 5) is 11.9. The quantitative estimate of drug-likeness (QED) is 0.771. The summed E-state index contributed by atoms with van der Waals surface area (Å²) in [6.07, 6.45) is 7.54. The van der Waals surface area contributed by atoms with Crippen LogP contribution in [0.5, 0.6) is 0 Å². The molecule has 2 aliphatic rings. The van der Waals surface area contributed by atoms with Crippen LogP contribution in [-0.2, 0) is 9.53 Å². The van der Waals surface area contributed by atoms with E-state index in [2.05, 4.69) is 5.32 Å². The summed E-state index contributed by atoms with van der Waals surface area (Å²) in [5, 5.41) is 3.46. The number of ether oxygens (including phenoxy) is 1. The Morgan fingerprint density at radius 2 is 2.13 bits per heavy atom. The van der Waals surface area contributed by atoms with Gasteiger partial charge in [0, 0.05) is 19.1 Å². The number of hydrogen-bond acceptors (Lipinski definition) is 3. The van der Waals surface area contributed by atoms with Crippen molar-refractivity contribution >= 4 is 5.78 Å². The van der Waals surface area contributed by atoms with Crippen LogP contribution in [0.15, 0.2) is 0 Å². The van der Waals surface area contributed by atoms with Crippen LogP contribution in [0, 0.1) is 0 Å². The molecular weight excluding hydrogens is 190 g/mol. The average molecular weight is 211 g/mol. The highest BCUT2D eigenvalue weighted by molar-refractivity contribution is 5.83. The second-order valence-corrected chi connectivity index (χ2v) is 4.67. The van der Waals surface area contributed by atoms with E-state index < -0.39 is 0 Å². The summed E-state index contributed by atoms with van der Waals surface area (Å²) in [5.74, 6) is 0.312. The van der Waals surface area contributed by atoms with Crippen LogP contribution in [0.4, 0.5) is 0 Å². The number of carbonyl (C=O) groups is 1. The van der Waals surface area contributed by atoms with Gasteiger partial charge in [-0.25, -0.2) is 0 Å². The first-order valence-corrected chi connectivity index (χ1v) is 6.24. The number of carbonyl (C=O) groups excluding carboxylic acids is 1. The van der Waals surface area contributed by atoms with Gasteiger partial charge in [-0.2, -0.15) is 0 Å². The monoisotopic (exact) mass is 211 g/mol. The normalized spacial score (nSPS) is 32.5.